The minimum atomic E-state index is -0.580. The van der Waals surface area contributed by atoms with Gasteiger partial charge in [-0.3, -0.25) is 0 Å². The van der Waals surface area contributed by atoms with Crippen molar-refractivity contribution in [2.75, 3.05) is 18.8 Å². The van der Waals surface area contributed by atoms with E-state index in [-0.39, 0.29) is 0 Å². The van der Waals surface area contributed by atoms with E-state index in [0.29, 0.717) is 23.3 Å². The number of hydrogen-bond donors (Lipinski definition) is 1. The SMILES string of the molecule is CC1(C)Oc2ncnc(N)c2N=C1c1ccc(C2CCC(N3CCCC3)CC2)cc1. The lowest BCUT2D eigenvalue weighted by atomic mass is 9.80. The zero-order chi connectivity index (χ0) is 20.7. The van der Waals surface area contributed by atoms with Crippen LogP contribution in [-0.4, -0.2) is 45.3 Å². The van der Waals surface area contributed by atoms with Gasteiger partial charge in [0, 0.05) is 11.6 Å². The standard InChI is InChI=1S/C24H31N5O/c1-24(2)21(28-20-22(25)26-15-27-23(20)30-24)18-7-5-16(6-8-18)17-9-11-19(12-10-17)29-13-3-4-14-29/h5-8,15,17,19H,3-4,9-14H2,1-2H3,(H2,25,26,27). The molecule has 0 bridgehead atoms. The Hall–Kier alpha value is -2.47. The molecule has 0 amide bonds. The molecule has 0 unspecified atom stereocenters. The van der Waals surface area contributed by atoms with E-state index in [1.54, 1.807) is 0 Å². The molecule has 2 aromatic rings. The van der Waals surface area contributed by atoms with Gasteiger partial charge in [0.05, 0.1) is 5.71 Å². The average Bonchev–Trinajstić information content (AvgIpc) is 3.28. The van der Waals surface area contributed by atoms with Crippen LogP contribution in [0.15, 0.2) is 35.6 Å². The van der Waals surface area contributed by atoms with Gasteiger partial charge in [0.2, 0.25) is 5.88 Å². The maximum atomic E-state index is 6.11. The molecule has 0 atom stereocenters. The predicted octanol–water partition coefficient (Wildman–Crippen LogP) is 4.47. The van der Waals surface area contributed by atoms with E-state index in [0.717, 1.165) is 17.3 Å². The zero-order valence-electron chi connectivity index (χ0n) is 18.0. The van der Waals surface area contributed by atoms with Gasteiger partial charge in [-0.05, 0) is 76.9 Å². The third kappa shape index (κ3) is 3.58. The summed E-state index contributed by atoms with van der Waals surface area (Å²) in [5.74, 6) is 1.46. The van der Waals surface area contributed by atoms with Crippen LogP contribution in [0.4, 0.5) is 11.5 Å². The van der Waals surface area contributed by atoms with Gasteiger partial charge in [-0.15, -0.1) is 0 Å². The van der Waals surface area contributed by atoms with Crippen molar-refractivity contribution in [2.24, 2.45) is 4.99 Å². The van der Waals surface area contributed by atoms with Crippen LogP contribution in [-0.2, 0) is 0 Å². The highest BCUT2D eigenvalue weighted by molar-refractivity contribution is 6.09. The van der Waals surface area contributed by atoms with Gasteiger partial charge < -0.3 is 15.4 Å². The van der Waals surface area contributed by atoms with Crippen LogP contribution < -0.4 is 10.5 Å². The fraction of sp³-hybridized carbons (Fsp3) is 0.542. The third-order valence-electron chi connectivity index (χ3n) is 6.97. The summed E-state index contributed by atoms with van der Waals surface area (Å²) in [6, 6.07) is 9.71. The Bertz CT molecular complexity index is 939. The second kappa shape index (κ2) is 7.65. The number of aliphatic imine (C=N–C) groups is 1. The summed E-state index contributed by atoms with van der Waals surface area (Å²) in [5.41, 5.74) is 9.31. The lowest BCUT2D eigenvalue weighted by Gasteiger charge is -2.35. The number of benzene rings is 1. The van der Waals surface area contributed by atoms with E-state index < -0.39 is 5.60 Å². The molecular formula is C24H31N5O. The molecule has 0 spiro atoms. The Morgan fingerprint density at radius 3 is 2.40 bits per heavy atom. The van der Waals surface area contributed by atoms with Gasteiger partial charge in [-0.1, -0.05) is 24.3 Å². The molecule has 158 valence electrons. The number of aromatic nitrogens is 2. The molecular weight excluding hydrogens is 374 g/mol. The number of rotatable bonds is 3. The van der Waals surface area contributed by atoms with Gasteiger partial charge in [0.1, 0.15) is 11.9 Å². The average molecular weight is 406 g/mol. The van der Waals surface area contributed by atoms with Crippen molar-refractivity contribution < 1.29 is 4.74 Å². The lowest BCUT2D eigenvalue weighted by molar-refractivity contribution is 0.171. The zero-order valence-corrected chi connectivity index (χ0v) is 18.0. The molecule has 2 N–H and O–H groups in total. The number of nitrogens with two attached hydrogens (primary N) is 1. The summed E-state index contributed by atoms with van der Waals surface area (Å²) in [5, 5.41) is 0. The minimum Gasteiger partial charge on any atom is -0.463 e. The van der Waals surface area contributed by atoms with E-state index in [1.165, 1.54) is 63.5 Å². The van der Waals surface area contributed by atoms with Crippen LogP contribution in [0, 0.1) is 0 Å². The van der Waals surface area contributed by atoms with E-state index in [2.05, 4.69) is 39.1 Å². The quantitative estimate of drug-likeness (QED) is 0.815. The highest BCUT2D eigenvalue weighted by Crippen LogP contribution is 2.40. The molecule has 30 heavy (non-hydrogen) atoms. The maximum absolute atomic E-state index is 6.11. The number of likely N-dealkylation sites (tertiary alicyclic amines) is 1. The Labute approximate surface area is 178 Å². The topological polar surface area (TPSA) is 76.6 Å². The van der Waals surface area contributed by atoms with Crippen LogP contribution >= 0.6 is 0 Å². The number of hydrogen-bond acceptors (Lipinski definition) is 6. The van der Waals surface area contributed by atoms with Crippen LogP contribution in [0.3, 0.4) is 0 Å². The molecule has 6 heteroatoms. The molecule has 3 heterocycles. The van der Waals surface area contributed by atoms with E-state index in [1.807, 2.05) is 13.8 Å². The summed E-state index contributed by atoms with van der Waals surface area (Å²) in [6.45, 7) is 6.65. The second-order valence-corrected chi connectivity index (χ2v) is 9.36. The van der Waals surface area contributed by atoms with Crippen LogP contribution in [0.2, 0.25) is 0 Å². The first-order chi connectivity index (χ1) is 14.5. The summed E-state index contributed by atoms with van der Waals surface area (Å²) in [6.07, 6.45) is 9.42. The molecule has 2 fully saturated rings. The first kappa shape index (κ1) is 19.5. The van der Waals surface area contributed by atoms with Crippen molar-refractivity contribution in [1.82, 2.24) is 14.9 Å². The highest BCUT2D eigenvalue weighted by Gasteiger charge is 2.35. The summed E-state index contributed by atoms with van der Waals surface area (Å²) in [7, 11) is 0. The Balaban J connectivity index is 1.33. The van der Waals surface area contributed by atoms with Gasteiger partial charge in [-0.2, -0.15) is 4.98 Å². The van der Waals surface area contributed by atoms with Gasteiger partial charge in [0.15, 0.2) is 11.5 Å². The first-order valence-corrected chi connectivity index (χ1v) is 11.2. The molecule has 1 aliphatic carbocycles. The number of fused-ring (bicyclic) bond motifs is 1. The number of anilines is 1. The Morgan fingerprint density at radius 2 is 1.70 bits per heavy atom. The maximum Gasteiger partial charge on any atom is 0.246 e. The summed E-state index contributed by atoms with van der Waals surface area (Å²) < 4.78 is 6.11. The third-order valence-corrected chi connectivity index (χ3v) is 6.97. The van der Waals surface area contributed by atoms with E-state index in [4.69, 9.17) is 15.5 Å². The molecule has 3 aliphatic rings. The van der Waals surface area contributed by atoms with Crippen LogP contribution in [0.25, 0.3) is 0 Å². The van der Waals surface area contributed by atoms with Crippen molar-refractivity contribution in [3.8, 4) is 5.88 Å². The molecule has 1 aromatic carbocycles. The summed E-state index contributed by atoms with van der Waals surface area (Å²) >= 11 is 0. The largest absolute Gasteiger partial charge is 0.463 e. The fourth-order valence-corrected chi connectivity index (χ4v) is 5.30. The van der Waals surface area contributed by atoms with Crippen molar-refractivity contribution in [3.05, 3.63) is 41.7 Å². The van der Waals surface area contributed by atoms with Crippen molar-refractivity contribution >= 4 is 17.2 Å². The number of ether oxygens (including phenoxy) is 1. The predicted molar refractivity (Wildman–Crippen MR) is 120 cm³/mol. The first-order valence-electron chi connectivity index (χ1n) is 11.2. The van der Waals surface area contributed by atoms with Crippen LogP contribution in [0.1, 0.15) is 69.4 Å². The number of nitrogen functional groups attached to an aromatic ring is 1. The Kier molecular flexibility index (Phi) is 4.97. The summed E-state index contributed by atoms with van der Waals surface area (Å²) in [4.78, 5) is 15.8. The second-order valence-electron chi connectivity index (χ2n) is 9.36. The molecule has 1 aromatic heterocycles. The van der Waals surface area contributed by atoms with Crippen molar-refractivity contribution in [2.45, 2.75) is 69.9 Å². The van der Waals surface area contributed by atoms with Crippen molar-refractivity contribution in [3.63, 3.8) is 0 Å². The molecule has 1 saturated carbocycles. The van der Waals surface area contributed by atoms with E-state index in [9.17, 15) is 0 Å². The molecule has 5 rings (SSSR count). The molecule has 2 aliphatic heterocycles. The monoisotopic (exact) mass is 405 g/mol. The van der Waals surface area contributed by atoms with E-state index >= 15 is 0 Å². The molecule has 0 radical (unpaired) electrons. The highest BCUT2D eigenvalue weighted by atomic mass is 16.5. The Morgan fingerprint density at radius 1 is 1.00 bits per heavy atom. The van der Waals surface area contributed by atoms with Crippen LogP contribution in [0.5, 0.6) is 5.88 Å². The van der Waals surface area contributed by atoms with Gasteiger partial charge in [-0.25, -0.2) is 9.98 Å². The van der Waals surface area contributed by atoms with Crippen molar-refractivity contribution in [1.29, 1.82) is 0 Å². The fourth-order valence-electron chi connectivity index (χ4n) is 5.30. The number of nitrogens with zero attached hydrogens (tertiary/aromatic N) is 4. The molecule has 6 nitrogen and oxygen atoms in total. The van der Waals surface area contributed by atoms with Gasteiger partial charge in [0.25, 0.3) is 0 Å². The lowest BCUT2D eigenvalue weighted by Crippen LogP contribution is -2.41. The smallest absolute Gasteiger partial charge is 0.246 e. The molecule has 1 saturated heterocycles. The normalized spacial score (nSPS) is 26.0. The van der Waals surface area contributed by atoms with Gasteiger partial charge >= 0.3 is 0 Å². The minimum absolute atomic E-state index is 0.347.